The Morgan fingerprint density at radius 2 is 1.90 bits per heavy atom. The van der Waals surface area contributed by atoms with Crippen LogP contribution < -0.4 is 5.32 Å². The first kappa shape index (κ1) is 17.2. The molecule has 0 saturated heterocycles. The van der Waals surface area contributed by atoms with Crippen LogP contribution in [0.25, 0.3) is 0 Å². The van der Waals surface area contributed by atoms with Gasteiger partial charge in [-0.2, -0.15) is 0 Å². The number of ether oxygens (including phenoxy) is 1. The maximum atomic E-state index is 11.8. The number of methoxy groups -OCH3 is 1. The molecule has 0 saturated carbocycles. The van der Waals surface area contributed by atoms with E-state index in [4.69, 9.17) is 9.84 Å². The van der Waals surface area contributed by atoms with E-state index in [0.717, 1.165) is 0 Å². The predicted octanol–water partition coefficient (Wildman–Crippen LogP) is 2.18. The van der Waals surface area contributed by atoms with Crippen molar-refractivity contribution in [2.75, 3.05) is 13.7 Å². The number of carboxylic acids is 1. The Labute approximate surface area is 125 Å². The van der Waals surface area contributed by atoms with E-state index < -0.39 is 12.0 Å². The van der Waals surface area contributed by atoms with Crippen molar-refractivity contribution in [1.82, 2.24) is 5.32 Å². The fraction of sp³-hybridized carbons (Fsp3) is 0.500. The first-order valence-electron chi connectivity index (χ1n) is 7.10. The zero-order valence-electron chi connectivity index (χ0n) is 12.5. The normalized spacial score (nSPS) is 13.4. The number of carbonyl (C=O) groups is 2. The third-order valence-electron chi connectivity index (χ3n) is 3.42. The highest BCUT2D eigenvalue weighted by molar-refractivity contribution is 5.83. The van der Waals surface area contributed by atoms with E-state index >= 15 is 0 Å². The van der Waals surface area contributed by atoms with E-state index in [1.807, 2.05) is 30.3 Å². The smallest absolute Gasteiger partial charge is 0.326 e. The van der Waals surface area contributed by atoms with Crippen LogP contribution in [0.4, 0.5) is 0 Å². The van der Waals surface area contributed by atoms with Crippen molar-refractivity contribution in [3.63, 3.8) is 0 Å². The molecule has 1 amide bonds. The monoisotopic (exact) mass is 293 g/mol. The molecule has 1 rings (SSSR count). The van der Waals surface area contributed by atoms with Crippen molar-refractivity contribution >= 4 is 11.9 Å². The molecule has 1 aromatic rings. The standard InChI is InChI=1S/C16H23NO4/c1-12(13-6-4-3-5-7-13)8-9-15(18)17-14(16(19)20)10-11-21-2/h3-7,12,14H,8-11H2,1-2H3,(H,17,18)(H,19,20). The molecule has 2 atom stereocenters. The van der Waals surface area contributed by atoms with Crippen molar-refractivity contribution in [3.05, 3.63) is 35.9 Å². The molecule has 0 fully saturated rings. The lowest BCUT2D eigenvalue weighted by Crippen LogP contribution is -2.41. The van der Waals surface area contributed by atoms with Crippen LogP contribution in [0.3, 0.4) is 0 Å². The van der Waals surface area contributed by atoms with Gasteiger partial charge in [0.2, 0.25) is 5.91 Å². The van der Waals surface area contributed by atoms with Gasteiger partial charge in [0.1, 0.15) is 6.04 Å². The molecular formula is C16H23NO4. The number of carbonyl (C=O) groups excluding carboxylic acids is 1. The number of rotatable bonds is 9. The molecule has 0 spiro atoms. The van der Waals surface area contributed by atoms with Crippen LogP contribution in [0.2, 0.25) is 0 Å². The summed E-state index contributed by atoms with van der Waals surface area (Å²) in [5.74, 6) is -1.00. The van der Waals surface area contributed by atoms with Gasteiger partial charge < -0.3 is 15.2 Å². The number of benzene rings is 1. The van der Waals surface area contributed by atoms with Crippen molar-refractivity contribution < 1.29 is 19.4 Å². The van der Waals surface area contributed by atoms with Gasteiger partial charge in [-0.15, -0.1) is 0 Å². The SMILES string of the molecule is COCCC(NC(=O)CCC(C)c1ccccc1)C(=O)O. The van der Waals surface area contributed by atoms with Gasteiger partial charge >= 0.3 is 5.97 Å². The first-order chi connectivity index (χ1) is 10.0. The average Bonchev–Trinajstić information content (AvgIpc) is 2.49. The molecule has 0 radical (unpaired) electrons. The highest BCUT2D eigenvalue weighted by atomic mass is 16.5. The van der Waals surface area contributed by atoms with Crippen LogP contribution in [0, 0.1) is 0 Å². The summed E-state index contributed by atoms with van der Waals surface area (Å²) < 4.78 is 4.85. The van der Waals surface area contributed by atoms with Gasteiger partial charge in [-0.1, -0.05) is 37.3 Å². The van der Waals surface area contributed by atoms with Crippen molar-refractivity contribution in [3.8, 4) is 0 Å². The number of aliphatic carboxylic acids is 1. The summed E-state index contributed by atoms with van der Waals surface area (Å²) in [5.41, 5.74) is 1.18. The van der Waals surface area contributed by atoms with Crippen LogP contribution in [-0.2, 0) is 14.3 Å². The highest BCUT2D eigenvalue weighted by Crippen LogP contribution is 2.19. The van der Waals surface area contributed by atoms with Gasteiger partial charge in [-0.3, -0.25) is 4.79 Å². The molecule has 2 unspecified atom stereocenters. The molecule has 0 heterocycles. The number of carboxylic acid groups (broad SMARTS) is 1. The molecule has 1 aromatic carbocycles. The summed E-state index contributed by atoms with van der Waals surface area (Å²) in [7, 11) is 1.50. The Morgan fingerprint density at radius 3 is 2.48 bits per heavy atom. The van der Waals surface area contributed by atoms with Gasteiger partial charge in [-0.25, -0.2) is 4.79 Å². The summed E-state index contributed by atoms with van der Waals surface area (Å²) in [6.45, 7) is 2.36. The van der Waals surface area contributed by atoms with Crippen molar-refractivity contribution in [2.45, 2.75) is 38.1 Å². The minimum absolute atomic E-state index is 0.235. The summed E-state index contributed by atoms with van der Waals surface area (Å²) in [6, 6.07) is 9.07. The minimum atomic E-state index is -1.03. The van der Waals surface area contributed by atoms with E-state index in [0.29, 0.717) is 19.4 Å². The highest BCUT2D eigenvalue weighted by Gasteiger charge is 2.19. The quantitative estimate of drug-likeness (QED) is 0.731. The van der Waals surface area contributed by atoms with E-state index in [1.165, 1.54) is 12.7 Å². The van der Waals surface area contributed by atoms with Gasteiger partial charge in [0.25, 0.3) is 0 Å². The molecule has 2 N–H and O–H groups in total. The molecule has 0 aliphatic carbocycles. The van der Waals surface area contributed by atoms with E-state index in [2.05, 4.69) is 12.2 Å². The molecule has 0 bridgehead atoms. The van der Waals surface area contributed by atoms with Crippen molar-refractivity contribution in [1.29, 1.82) is 0 Å². The molecule has 21 heavy (non-hydrogen) atoms. The lowest BCUT2D eigenvalue weighted by molar-refractivity contribution is -0.142. The maximum Gasteiger partial charge on any atom is 0.326 e. The van der Waals surface area contributed by atoms with E-state index in [1.54, 1.807) is 0 Å². The van der Waals surface area contributed by atoms with Gasteiger partial charge in [-0.05, 0) is 17.9 Å². The molecule has 5 nitrogen and oxygen atoms in total. The summed E-state index contributed by atoms with van der Waals surface area (Å²) in [6.07, 6.45) is 1.27. The zero-order chi connectivity index (χ0) is 15.7. The van der Waals surface area contributed by atoms with E-state index in [-0.39, 0.29) is 18.2 Å². The molecular weight excluding hydrogens is 270 g/mol. The van der Waals surface area contributed by atoms with Crippen LogP contribution in [0.15, 0.2) is 30.3 Å². The second-order valence-corrected chi connectivity index (χ2v) is 5.09. The summed E-state index contributed by atoms with van der Waals surface area (Å²) >= 11 is 0. The Kier molecular flexibility index (Phi) is 7.46. The first-order valence-corrected chi connectivity index (χ1v) is 7.10. The fourth-order valence-electron chi connectivity index (χ4n) is 2.06. The number of amides is 1. The summed E-state index contributed by atoms with van der Waals surface area (Å²) in [4.78, 5) is 22.9. The largest absolute Gasteiger partial charge is 0.480 e. The predicted molar refractivity (Wildman–Crippen MR) is 80.2 cm³/mol. The number of nitrogens with one attached hydrogen (secondary N) is 1. The lowest BCUT2D eigenvalue weighted by Gasteiger charge is -2.15. The molecule has 116 valence electrons. The average molecular weight is 293 g/mol. The molecule has 0 aliphatic heterocycles. The van der Waals surface area contributed by atoms with Crippen LogP contribution in [0.1, 0.15) is 37.7 Å². The molecule has 0 aliphatic rings. The Morgan fingerprint density at radius 1 is 1.24 bits per heavy atom. The third-order valence-corrected chi connectivity index (χ3v) is 3.42. The van der Waals surface area contributed by atoms with Crippen LogP contribution in [-0.4, -0.2) is 36.7 Å². The lowest BCUT2D eigenvalue weighted by atomic mass is 9.96. The maximum absolute atomic E-state index is 11.8. The number of hydrogen-bond acceptors (Lipinski definition) is 3. The van der Waals surface area contributed by atoms with E-state index in [9.17, 15) is 9.59 Å². The Balaban J connectivity index is 2.40. The zero-order valence-corrected chi connectivity index (χ0v) is 12.5. The van der Waals surface area contributed by atoms with Crippen LogP contribution >= 0.6 is 0 Å². The topological polar surface area (TPSA) is 75.6 Å². The Bertz CT molecular complexity index is 447. The van der Waals surface area contributed by atoms with Crippen LogP contribution in [0.5, 0.6) is 0 Å². The van der Waals surface area contributed by atoms with Gasteiger partial charge in [0.05, 0.1) is 0 Å². The second-order valence-electron chi connectivity index (χ2n) is 5.09. The fourth-order valence-corrected chi connectivity index (χ4v) is 2.06. The van der Waals surface area contributed by atoms with Gasteiger partial charge in [0, 0.05) is 26.6 Å². The number of hydrogen-bond donors (Lipinski definition) is 2. The summed E-state index contributed by atoms with van der Waals surface area (Å²) in [5, 5.41) is 11.6. The Hall–Kier alpha value is -1.88. The van der Waals surface area contributed by atoms with Crippen molar-refractivity contribution in [2.24, 2.45) is 0 Å². The second kappa shape index (κ2) is 9.13. The van der Waals surface area contributed by atoms with Gasteiger partial charge in [0.15, 0.2) is 0 Å². The minimum Gasteiger partial charge on any atom is -0.480 e. The molecule has 5 heteroatoms. The molecule has 0 aromatic heterocycles. The third kappa shape index (κ3) is 6.40.